The van der Waals surface area contributed by atoms with Crippen molar-refractivity contribution in [3.63, 3.8) is 0 Å². The van der Waals surface area contributed by atoms with Crippen LogP contribution in [-0.2, 0) is 0 Å². The van der Waals surface area contributed by atoms with Gasteiger partial charge in [-0.25, -0.2) is 4.39 Å². The van der Waals surface area contributed by atoms with Gasteiger partial charge in [-0.1, -0.05) is 6.58 Å². The van der Waals surface area contributed by atoms with E-state index in [1.807, 2.05) is 0 Å². The van der Waals surface area contributed by atoms with Crippen LogP contribution in [0.5, 0.6) is 0 Å². The highest BCUT2D eigenvalue weighted by Gasteiger charge is 1.94. The molecule has 0 aliphatic carbocycles. The quantitative estimate of drug-likeness (QED) is 0.632. The number of hydrogen-bond acceptors (Lipinski definition) is 2. The Kier molecular flexibility index (Phi) is 1.67. The van der Waals surface area contributed by atoms with Crippen molar-refractivity contribution in [2.45, 2.75) is 0 Å². The summed E-state index contributed by atoms with van der Waals surface area (Å²) in [5.74, 6) is -0.399. The van der Waals surface area contributed by atoms with Crippen LogP contribution in [0.3, 0.4) is 0 Å². The largest absolute Gasteiger partial charge is 0.399 e. The molecule has 0 aliphatic heterocycles. The summed E-state index contributed by atoms with van der Waals surface area (Å²) in [5, 5.41) is 0. The lowest BCUT2D eigenvalue weighted by atomic mass is 10.2. The summed E-state index contributed by atoms with van der Waals surface area (Å²) in [5.41, 5.74) is 6.14. The van der Waals surface area contributed by atoms with Crippen LogP contribution in [0, 0.1) is 5.82 Å². The zero-order chi connectivity index (χ0) is 7.56. The number of halogens is 1. The Morgan fingerprint density at radius 1 is 1.60 bits per heavy atom. The SMILES string of the molecule is C=C(N)c1cncc(F)c1. The van der Waals surface area contributed by atoms with Crippen LogP contribution in [0.4, 0.5) is 4.39 Å². The molecular formula is C7H7FN2. The minimum absolute atomic E-state index is 0.326. The van der Waals surface area contributed by atoms with E-state index in [2.05, 4.69) is 11.6 Å². The second kappa shape index (κ2) is 2.47. The van der Waals surface area contributed by atoms with Crippen LogP contribution in [0.25, 0.3) is 5.70 Å². The smallest absolute Gasteiger partial charge is 0.142 e. The van der Waals surface area contributed by atoms with Gasteiger partial charge in [-0.3, -0.25) is 4.98 Å². The van der Waals surface area contributed by atoms with E-state index < -0.39 is 5.82 Å². The molecule has 0 aromatic carbocycles. The Labute approximate surface area is 58.2 Å². The van der Waals surface area contributed by atoms with E-state index in [0.29, 0.717) is 11.3 Å². The minimum atomic E-state index is -0.399. The summed E-state index contributed by atoms with van der Waals surface area (Å²) in [4.78, 5) is 3.59. The molecule has 1 rings (SSSR count). The van der Waals surface area contributed by atoms with E-state index in [-0.39, 0.29) is 0 Å². The van der Waals surface area contributed by atoms with E-state index in [1.165, 1.54) is 12.3 Å². The molecule has 0 saturated carbocycles. The molecular weight excluding hydrogens is 131 g/mol. The number of aromatic nitrogens is 1. The van der Waals surface area contributed by atoms with Crippen molar-refractivity contribution in [3.8, 4) is 0 Å². The molecule has 0 saturated heterocycles. The van der Waals surface area contributed by atoms with E-state index in [9.17, 15) is 4.39 Å². The molecule has 3 heteroatoms. The molecule has 2 N–H and O–H groups in total. The lowest BCUT2D eigenvalue weighted by Crippen LogP contribution is -1.94. The lowest BCUT2D eigenvalue weighted by molar-refractivity contribution is 0.621. The molecule has 0 radical (unpaired) electrons. The Morgan fingerprint density at radius 2 is 2.30 bits per heavy atom. The molecule has 0 fully saturated rings. The third-order valence-corrected chi connectivity index (χ3v) is 1.08. The third kappa shape index (κ3) is 1.31. The molecule has 2 nitrogen and oxygen atoms in total. The lowest BCUT2D eigenvalue weighted by Gasteiger charge is -1.96. The van der Waals surface area contributed by atoms with Crippen molar-refractivity contribution in [1.29, 1.82) is 0 Å². The first-order valence-corrected chi connectivity index (χ1v) is 2.75. The average molecular weight is 138 g/mol. The van der Waals surface area contributed by atoms with Gasteiger partial charge in [0.15, 0.2) is 0 Å². The van der Waals surface area contributed by atoms with Crippen LogP contribution in [0.15, 0.2) is 25.0 Å². The third-order valence-electron chi connectivity index (χ3n) is 1.08. The fraction of sp³-hybridized carbons (Fsp3) is 0. The van der Waals surface area contributed by atoms with Gasteiger partial charge in [-0.2, -0.15) is 0 Å². The molecule has 0 unspecified atom stereocenters. The van der Waals surface area contributed by atoms with Gasteiger partial charge < -0.3 is 5.73 Å². The topological polar surface area (TPSA) is 38.9 Å². The minimum Gasteiger partial charge on any atom is -0.399 e. The molecule has 0 spiro atoms. The molecule has 1 aromatic rings. The number of nitrogens with zero attached hydrogens (tertiary/aromatic N) is 1. The van der Waals surface area contributed by atoms with E-state index in [4.69, 9.17) is 5.73 Å². The van der Waals surface area contributed by atoms with Gasteiger partial charge in [0, 0.05) is 17.5 Å². The van der Waals surface area contributed by atoms with Gasteiger partial charge in [0.05, 0.1) is 6.20 Å². The van der Waals surface area contributed by atoms with Gasteiger partial charge >= 0.3 is 0 Å². The van der Waals surface area contributed by atoms with Crippen molar-refractivity contribution in [1.82, 2.24) is 4.98 Å². The van der Waals surface area contributed by atoms with Crippen molar-refractivity contribution >= 4 is 5.70 Å². The summed E-state index contributed by atoms with van der Waals surface area (Å²) >= 11 is 0. The number of nitrogens with two attached hydrogens (primary N) is 1. The second-order valence-electron chi connectivity index (χ2n) is 1.92. The van der Waals surface area contributed by atoms with E-state index >= 15 is 0 Å². The Balaban J connectivity index is 3.07. The molecule has 52 valence electrons. The predicted octanol–water partition coefficient (Wildman–Crippen LogP) is 1.15. The zero-order valence-electron chi connectivity index (χ0n) is 5.34. The molecule has 0 aliphatic rings. The maximum atomic E-state index is 12.4. The first-order chi connectivity index (χ1) is 4.70. The molecule has 10 heavy (non-hydrogen) atoms. The maximum absolute atomic E-state index is 12.4. The highest BCUT2D eigenvalue weighted by atomic mass is 19.1. The zero-order valence-corrected chi connectivity index (χ0v) is 5.34. The number of hydrogen-bond donors (Lipinski definition) is 1. The summed E-state index contributed by atoms with van der Waals surface area (Å²) in [6.45, 7) is 3.44. The number of rotatable bonds is 1. The monoisotopic (exact) mass is 138 g/mol. The van der Waals surface area contributed by atoms with Crippen LogP contribution >= 0.6 is 0 Å². The standard InChI is InChI=1S/C7H7FN2/c1-5(9)6-2-7(8)4-10-3-6/h2-4H,1,9H2. The van der Waals surface area contributed by atoms with Crippen LogP contribution in [-0.4, -0.2) is 4.98 Å². The first kappa shape index (κ1) is 6.74. The molecule has 0 bridgehead atoms. The highest BCUT2D eigenvalue weighted by Crippen LogP contribution is 2.05. The van der Waals surface area contributed by atoms with Crippen molar-refractivity contribution in [3.05, 3.63) is 36.4 Å². The van der Waals surface area contributed by atoms with Gasteiger partial charge in [0.1, 0.15) is 5.82 Å². The van der Waals surface area contributed by atoms with E-state index in [0.717, 1.165) is 6.20 Å². The van der Waals surface area contributed by atoms with Crippen LogP contribution in [0.1, 0.15) is 5.56 Å². The molecule has 0 amide bonds. The summed E-state index contributed by atoms with van der Waals surface area (Å²) in [7, 11) is 0. The van der Waals surface area contributed by atoms with Crippen molar-refractivity contribution in [2.24, 2.45) is 5.73 Å². The average Bonchev–Trinajstić information content (AvgIpc) is 1.88. The number of pyridine rings is 1. The van der Waals surface area contributed by atoms with Crippen molar-refractivity contribution in [2.75, 3.05) is 0 Å². The Bertz CT molecular complexity index is 258. The highest BCUT2D eigenvalue weighted by molar-refractivity contribution is 5.58. The molecule has 0 atom stereocenters. The van der Waals surface area contributed by atoms with Gasteiger partial charge in [0.2, 0.25) is 0 Å². The van der Waals surface area contributed by atoms with Gasteiger partial charge in [-0.05, 0) is 6.07 Å². The summed E-state index contributed by atoms with van der Waals surface area (Å²) in [6.07, 6.45) is 2.58. The summed E-state index contributed by atoms with van der Waals surface area (Å²) in [6, 6.07) is 1.29. The van der Waals surface area contributed by atoms with Gasteiger partial charge in [0.25, 0.3) is 0 Å². The summed E-state index contributed by atoms with van der Waals surface area (Å²) < 4.78 is 12.4. The normalized spacial score (nSPS) is 9.30. The maximum Gasteiger partial charge on any atom is 0.142 e. The van der Waals surface area contributed by atoms with Crippen molar-refractivity contribution < 1.29 is 4.39 Å². The van der Waals surface area contributed by atoms with E-state index in [1.54, 1.807) is 0 Å². The molecule has 1 heterocycles. The fourth-order valence-corrected chi connectivity index (χ4v) is 0.587. The van der Waals surface area contributed by atoms with Crippen LogP contribution < -0.4 is 5.73 Å². The Hall–Kier alpha value is -1.38. The fourth-order valence-electron chi connectivity index (χ4n) is 0.587. The Morgan fingerprint density at radius 3 is 2.70 bits per heavy atom. The molecule has 1 aromatic heterocycles. The second-order valence-corrected chi connectivity index (χ2v) is 1.92. The van der Waals surface area contributed by atoms with Crippen LogP contribution in [0.2, 0.25) is 0 Å². The van der Waals surface area contributed by atoms with Gasteiger partial charge in [-0.15, -0.1) is 0 Å². The first-order valence-electron chi connectivity index (χ1n) is 2.75. The predicted molar refractivity (Wildman–Crippen MR) is 37.4 cm³/mol.